The van der Waals surface area contributed by atoms with Crippen molar-refractivity contribution in [3.63, 3.8) is 0 Å². The highest BCUT2D eigenvalue weighted by atomic mass is 16.5. The number of hydrogen-bond acceptors (Lipinski definition) is 5. The Morgan fingerprint density at radius 1 is 1.35 bits per heavy atom. The molecular weight excluding hydrogens is 254 g/mol. The summed E-state index contributed by atoms with van der Waals surface area (Å²) in [6, 6.07) is 2.05. The number of aryl methyl sites for hydroxylation is 2. The molecule has 1 aliphatic heterocycles. The first kappa shape index (κ1) is 13.2. The minimum atomic E-state index is 0.000521. The SMILES string of the molecule is Cc1cnc([C@@H]2CN(Cc3ccn(C)n3)CCO2)cn1. The lowest BCUT2D eigenvalue weighted by molar-refractivity contribution is -0.0355. The van der Waals surface area contributed by atoms with E-state index in [2.05, 4.69) is 26.0 Å². The van der Waals surface area contributed by atoms with Crippen LogP contribution in [0.15, 0.2) is 24.7 Å². The lowest BCUT2D eigenvalue weighted by atomic mass is 10.2. The number of nitrogens with zero attached hydrogens (tertiary/aromatic N) is 5. The van der Waals surface area contributed by atoms with Crippen LogP contribution in [0.4, 0.5) is 0 Å². The monoisotopic (exact) mass is 273 g/mol. The van der Waals surface area contributed by atoms with Crippen LogP contribution in [0.25, 0.3) is 0 Å². The van der Waals surface area contributed by atoms with Gasteiger partial charge in [-0.2, -0.15) is 5.10 Å². The smallest absolute Gasteiger partial charge is 0.114 e. The predicted octanol–water partition coefficient (Wildman–Crippen LogP) is 1.09. The van der Waals surface area contributed by atoms with Gasteiger partial charge in [-0.15, -0.1) is 0 Å². The van der Waals surface area contributed by atoms with Gasteiger partial charge in [0.05, 0.1) is 29.9 Å². The summed E-state index contributed by atoms with van der Waals surface area (Å²) >= 11 is 0. The van der Waals surface area contributed by atoms with Gasteiger partial charge in [-0.3, -0.25) is 19.5 Å². The summed E-state index contributed by atoms with van der Waals surface area (Å²) in [6.45, 7) is 5.25. The molecule has 1 aliphatic rings. The predicted molar refractivity (Wildman–Crippen MR) is 73.9 cm³/mol. The van der Waals surface area contributed by atoms with Gasteiger partial charge in [0.15, 0.2) is 0 Å². The zero-order valence-corrected chi connectivity index (χ0v) is 11.9. The molecule has 3 heterocycles. The van der Waals surface area contributed by atoms with E-state index in [1.807, 2.05) is 31.0 Å². The van der Waals surface area contributed by atoms with E-state index in [-0.39, 0.29) is 6.10 Å². The van der Waals surface area contributed by atoms with Crippen molar-refractivity contribution in [3.8, 4) is 0 Å². The van der Waals surface area contributed by atoms with E-state index in [0.717, 1.165) is 36.7 Å². The molecule has 6 nitrogen and oxygen atoms in total. The van der Waals surface area contributed by atoms with E-state index >= 15 is 0 Å². The van der Waals surface area contributed by atoms with Crippen molar-refractivity contribution in [1.82, 2.24) is 24.6 Å². The molecule has 0 saturated carbocycles. The average molecular weight is 273 g/mol. The third-order valence-electron chi connectivity index (χ3n) is 3.44. The summed E-state index contributed by atoms with van der Waals surface area (Å²) in [5, 5.41) is 4.42. The highest BCUT2D eigenvalue weighted by Crippen LogP contribution is 2.20. The number of ether oxygens (including phenoxy) is 1. The first-order chi connectivity index (χ1) is 9.70. The molecule has 0 aromatic carbocycles. The third kappa shape index (κ3) is 3.02. The van der Waals surface area contributed by atoms with Crippen molar-refractivity contribution in [2.45, 2.75) is 19.6 Å². The van der Waals surface area contributed by atoms with Gasteiger partial charge in [0.2, 0.25) is 0 Å². The zero-order chi connectivity index (χ0) is 13.9. The summed E-state index contributed by atoms with van der Waals surface area (Å²) in [7, 11) is 1.94. The Kier molecular flexibility index (Phi) is 3.75. The van der Waals surface area contributed by atoms with E-state index in [9.17, 15) is 0 Å². The Balaban J connectivity index is 1.65. The Morgan fingerprint density at radius 3 is 2.95 bits per heavy atom. The van der Waals surface area contributed by atoms with Gasteiger partial charge in [-0.1, -0.05) is 0 Å². The van der Waals surface area contributed by atoms with Gasteiger partial charge in [0.1, 0.15) is 6.10 Å². The molecule has 0 aliphatic carbocycles. The van der Waals surface area contributed by atoms with Gasteiger partial charge in [-0.05, 0) is 13.0 Å². The maximum atomic E-state index is 5.81. The second-order valence-electron chi connectivity index (χ2n) is 5.16. The number of morpholine rings is 1. The maximum Gasteiger partial charge on any atom is 0.114 e. The maximum absolute atomic E-state index is 5.81. The van der Waals surface area contributed by atoms with Crippen LogP contribution < -0.4 is 0 Å². The molecular formula is C14H19N5O. The second kappa shape index (κ2) is 5.68. The fourth-order valence-corrected chi connectivity index (χ4v) is 2.37. The number of aromatic nitrogens is 4. The fraction of sp³-hybridized carbons (Fsp3) is 0.500. The molecule has 6 heteroatoms. The molecule has 2 aromatic heterocycles. The van der Waals surface area contributed by atoms with E-state index in [0.29, 0.717) is 6.61 Å². The van der Waals surface area contributed by atoms with Crippen LogP contribution in [-0.4, -0.2) is 44.3 Å². The van der Waals surface area contributed by atoms with E-state index < -0.39 is 0 Å². The molecule has 0 bridgehead atoms. The van der Waals surface area contributed by atoms with E-state index in [1.165, 1.54) is 0 Å². The Hall–Kier alpha value is -1.79. The normalized spacial score (nSPS) is 20.2. The van der Waals surface area contributed by atoms with Crippen molar-refractivity contribution in [1.29, 1.82) is 0 Å². The van der Waals surface area contributed by atoms with Crippen LogP contribution >= 0.6 is 0 Å². The van der Waals surface area contributed by atoms with Crippen molar-refractivity contribution in [3.05, 3.63) is 41.7 Å². The molecule has 0 N–H and O–H groups in total. The minimum Gasteiger partial charge on any atom is -0.369 e. The molecule has 2 aromatic rings. The van der Waals surface area contributed by atoms with Crippen LogP contribution in [0.5, 0.6) is 0 Å². The van der Waals surface area contributed by atoms with Crippen LogP contribution in [0.3, 0.4) is 0 Å². The Bertz CT molecular complexity index is 565. The molecule has 0 amide bonds. The highest BCUT2D eigenvalue weighted by Gasteiger charge is 2.23. The Labute approximate surface area is 118 Å². The number of rotatable bonds is 3. The van der Waals surface area contributed by atoms with Crippen LogP contribution in [0.2, 0.25) is 0 Å². The van der Waals surface area contributed by atoms with Crippen LogP contribution in [0, 0.1) is 6.92 Å². The molecule has 3 rings (SSSR count). The second-order valence-corrected chi connectivity index (χ2v) is 5.16. The first-order valence-corrected chi connectivity index (χ1v) is 6.82. The Morgan fingerprint density at radius 2 is 2.25 bits per heavy atom. The lowest BCUT2D eigenvalue weighted by Gasteiger charge is -2.31. The standard InChI is InChI=1S/C14H19N5O/c1-11-7-16-13(8-15-11)14-10-19(5-6-20-14)9-12-3-4-18(2)17-12/h3-4,7-8,14H,5-6,9-10H2,1-2H3/t14-/m0/s1. The van der Waals surface area contributed by atoms with Crippen molar-refractivity contribution < 1.29 is 4.74 Å². The molecule has 0 unspecified atom stereocenters. The molecule has 1 atom stereocenters. The quantitative estimate of drug-likeness (QED) is 0.838. The topological polar surface area (TPSA) is 56.1 Å². The van der Waals surface area contributed by atoms with Crippen molar-refractivity contribution >= 4 is 0 Å². The highest BCUT2D eigenvalue weighted by molar-refractivity contribution is 5.06. The zero-order valence-electron chi connectivity index (χ0n) is 11.9. The summed E-state index contributed by atoms with van der Waals surface area (Å²) < 4.78 is 7.64. The van der Waals surface area contributed by atoms with E-state index in [1.54, 1.807) is 6.20 Å². The van der Waals surface area contributed by atoms with Gasteiger partial charge < -0.3 is 4.74 Å². The van der Waals surface area contributed by atoms with Gasteiger partial charge in [0, 0.05) is 39.1 Å². The van der Waals surface area contributed by atoms with Crippen LogP contribution in [-0.2, 0) is 18.3 Å². The van der Waals surface area contributed by atoms with Gasteiger partial charge >= 0.3 is 0 Å². The largest absolute Gasteiger partial charge is 0.369 e. The summed E-state index contributed by atoms with van der Waals surface area (Å²) in [5.74, 6) is 0. The van der Waals surface area contributed by atoms with Gasteiger partial charge in [-0.25, -0.2) is 0 Å². The summed E-state index contributed by atoms with van der Waals surface area (Å²) in [6.07, 6.45) is 5.57. The average Bonchev–Trinajstić information content (AvgIpc) is 2.85. The third-order valence-corrected chi connectivity index (χ3v) is 3.44. The van der Waals surface area contributed by atoms with Crippen molar-refractivity contribution in [2.24, 2.45) is 7.05 Å². The molecule has 0 spiro atoms. The van der Waals surface area contributed by atoms with Gasteiger partial charge in [0.25, 0.3) is 0 Å². The van der Waals surface area contributed by atoms with E-state index in [4.69, 9.17) is 4.74 Å². The van der Waals surface area contributed by atoms with Crippen LogP contribution in [0.1, 0.15) is 23.2 Å². The molecule has 20 heavy (non-hydrogen) atoms. The number of hydrogen-bond donors (Lipinski definition) is 0. The first-order valence-electron chi connectivity index (χ1n) is 6.82. The molecule has 106 valence electrons. The minimum absolute atomic E-state index is 0.000521. The molecule has 1 fully saturated rings. The summed E-state index contributed by atoms with van der Waals surface area (Å²) in [5.41, 5.74) is 2.92. The lowest BCUT2D eigenvalue weighted by Crippen LogP contribution is -2.38. The fourth-order valence-electron chi connectivity index (χ4n) is 2.37. The van der Waals surface area contributed by atoms with Crippen molar-refractivity contribution in [2.75, 3.05) is 19.7 Å². The molecule has 0 radical (unpaired) electrons. The molecule has 1 saturated heterocycles. The summed E-state index contributed by atoms with van der Waals surface area (Å²) in [4.78, 5) is 11.0.